The number of benzene rings is 2. The molecule has 3 aromatic rings. The monoisotopic (exact) mass is 514 g/mol. The first-order chi connectivity index (χ1) is 16.9. The zero-order valence-electron chi connectivity index (χ0n) is 19.3. The van der Waals surface area contributed by atoms with Gasteiger partial charge in [0, 0.05) is 17.5 Å². The molecule has 0 spiro atoms. The molecule has 194 valence electrons. The van der Waals surface area contributed by atoms with Crippen LogP contribution >= 0.6 is 0 Å². The molecule has 0 amide bonds. The van der Waals surface area contributed by atoms with Crippen molar-refractivity contribution in [1.29, 1.82) is 0 Å². The number of halogens is 6. The van der Waals surface area contributed by atoms with E-state index in [4.69, 9.17) is 9.84 Å². The average Bonchev–Trinajstić information content (AvgIpc) is 3.21. The quantitative estimate of drug-likeness (QED) is 0.235. The normalized spacial score (nSPS) is 12.1. The summed E-state index contributed by atoms with van der Waals surface area (Å²) in [5.41, 5.74) is -0.718. The number of hydrogen-bond donors (Lipinski definition) is 1. The summed E-state index contributed by atoms with van der Waals surface area (Å²) in [6, 6.07) is 8.83. The van der Waals surface area contributed by atoms with Crippen molar-refractivity contribution in [2.75, 3.05) is 6.61 Å². The maximum absolute atomic E-state index is 13.8. The lowest BCUT2D eigenvalue weighted by Gasteiger charge is -2.19. The SMILES string of the molecule is Cc1cccc(OCCCCCC(=O)O)c1Cn1c(C(F)(F)F)cnc1-c1ccc(C(F)(F)F)cc1. The molecule has 0 aliphatic rings. The van der Waals surface area contributed by atoms with Crippen LogP contribution in [0.15, 0.2) is 48.7 Å². The van der Waals surface area contributed by atoms with Crippen LogP contribution in [0.1, 0.15) is 48.1 Å². The van der Waals surface area contributed by atoms with Crippen LogP contribution in [0.4, 0.5) is 26.3 Å². The molecular weight excluding hydrogens is 490 g/mol. The van der Waals surface area contributed by atoms with E-state index >= 15 is 0 Å². The fourth-order valence-corrected chi connectivity index (χ4v) is 3.71. The predicted octanol–water partition coefficient (Wildman–Crippen LogP) is 6.97. The Bertz CT molecular complexity index is 1180. The first kappa shape index (κ1) is 27.1. The number of carboxylic acid groups (broad SMARTS) is 1. The van der Waals surface area contributed by atoms with E-state index in [9.17, 15) is 31.1 Å². The summed E-state index contributed by atoms with van der Waals surface area (Å²) >= 11 is 0. The maximum atomic E-state index is 13.8. The molecule has 0 atom stereocenters. The minimum absolute atomic E-state index is 0.0449. The average molecular weight is 514 g/mol. The molecule has 3 rings (SSSR count). The number of aryl methyl sites for hydroxylation is 1. The van der Waals surface area contributed by atoms with Crippen molar-refractivity contribution < 1.29 is 41.0 Å². The van der Waals surface area contributed by atoms with Gasteiger partial charge in [-0.1, -0.05) is 24.3 Å². The van der Waals surface area contributed by atoms with Gasteiger partial charge in [0.05, 0.1) is 24.9 Å². The zero-order chi connectivity index (χ0) is 26.5. The minimum Gasteiger partial charge on any atom is -0.493 e. The van der Waals surface area contributed by atoms with Crippen molar-refractivity contribution >= 4 is 5.97 Å². The van der Waals surface area contributed by atoms with Crippen LogP contribution in [-0.2, 0) is 23.7 Å². The Kier molecular flexibility index (Phi) is 8.31. The summed E-state index contributed by atoms with van der Waals surface area (Å²) in [5, 5.41) is 8.70. The fourth-order valence-electron chi connectivity index (χ4n) is 3.71. The number of ether oxygens (including phenoxy) is 1. The molecule has 0 aliphatic heterocycles. The largest absolute Gasteiger partial charge is 0.493 e. The van der Waals surface area contributed by atoms with E-state index in [1.807, 2.05) is 0 Å². The third kappa shape index (κ3) is 6.79. The molecule has 0 aliphatic carbocycles. The van der Waals surface area contributed by atoms with Gasteiger partial charge in [-0.2, -0.15) is 26.3 Å². The summed E-state index contributed by atoms with van der Waals surface area (Å²) in [7, 11) is 0. The standard InChI is InChI=1S/C25H24F6N2O3/c1-16-6-5-7-20(36-13-4-2-3-8-22(34)35)19(16)15-33-21(25(29,30)31)14-32-23(33)17-9-11-18(12-10-17)24(26,27)28/h5-7,9-12,14H,2-4,8,13,15H2,1H3,(H,34,35). The van der Waals surface area contributed by atoms with Gasteiger partial charge in [-0.3, -0.25) is 4.79 Å². The number of alkyl halides is 6. The zero-order valence-corrected chi connectivity index (χ0v) is 19.3. The number of imidazole rings is 1. The number of hydrogen-bond acceptors (Lipinski definition) is 3. The van der Waals surface area contributed by atoms with Gasteiger partial charge in [0.25, 0.3) is 0 Å². The molecule has 0 bridgehead atoms. The number of carboxylic acids is 1. The number of aromatic nitrogens is 2. The van der Waals surface area contributed by atoms with Crippen molar-refractivity contribution in [3.63, 3.8) is 0 Å². The predicted molar refractivity (Wildman–Crippen MR) is 120 cm³/mol. The lowest BCUT2D eigenvalue weighted by Crippen LogP contribution is -2.16. The maximum Gasteiger partial charge on any atom is 0.433 e. The summed E-state index contributed by atoms with van der Waals surface area (Å²) in [6.07, 6.45) is -6.95. The summed E-state index contributed by atoms with van der Waals surface area (Å²) in [5.74, 6) is -0.645. The van der Waals surface area contributed by atoms with Crippen LogP contribution in [0.3, 0.4) is 0 Å². The first-order valence-electron chi connectivity index (χ1n) is 11.1. The Morgan fingerprint density at radius 1 is 0.972 bits per heavy atom. The molecule has 0 radical (unpaired) electrons. The molecule has 1 N–H and O–H groups in total. The van der Waals surface area contributed by atoms with Gasteiger partial charge >= 0.3 is 18.3 Å². The van der Waals surface area contributed by atoms with E-state index in [0.717, 1.165) is 28.8 Å². The van der Waals surface area contributed by atoms with E-state index in [1.165, 1.54) is 0 Å². The third-order valence-corrected chi connectivity index (χ3v) is 5.59. The lowest BCUT2D eigenvalue weighted by molar-refractivity contribution is -0.143. The summed E-state index contributed by atoms with van der Waals surface area (Å²) in [6.45, 7) is 1.70. The second kappa shape index (κ2) is 11.0. The molecule has 36 heavy (non-hydrogen) atoms. The van der Waals surface area contributed by atoms with Crippen LogP contribution in [0, 0.1) is 6.92 Å². The second-order valence-corrected chi connectivity index (χ2v) is 8.23. The van der Waals surface area contributed by atoms with Crippen LogP contribution in [-0.4, -0.2) is 27.2 Å². The van der Waals surface area contributed by atoms with E-state index in [2.05, 4.69) is 4.98 Å². The van der Waals surface area contributed by atoms with Crippen molar-refractivity contribution in [1.82, 2.24) is 9.55 Å². The van der Waals surface area contributed by atoms with Crippen molar-refractivity contribution in [2.45, 2.75) is 51.5 Å². The molecule has 1 heterocycles. The summed E-state index contributed by atoms with van der Waals surface area (Å²) < 4.78 is 86.9. The molecule has 0 saturated heterocycles. The Labute approximate surface area is 203 Å². The number of aliphatic carboxylic acids is 1. The third-order valence-electron chi connectivity index (χ3n) is 5.59. The Morgan fingerprint density at radius 2 is 1.67 bits per heavy atom. The molecule has 2 aromatic carbocycles. The number of unbranched alkanes of at least 4 members (excludes halogenated alkanes) is 2. The molecular formula is C25H24F6N2O3. The van der Waals surface area contributed by atoms with Gasteiger partial charge in [-0.05, 0) is 49.9 Å². The molecule has 1 aromatic heterocycles. The summed E-state index contributed by atoms with van der Waals surface area (Å²) in [4.78, 5) is 14.5. The Morgan fingerprint density at radius 3 is 2.28 bits per heavy atom. The van der Waals surface area contributed by atoms with Crippen LogP contribution in [0.25, 0.3) is 11.4 Å². The van der Waals surface area contributed by atoms with Crippen LogP contribution in [0.5, 0.6) is 5.75 Å². The van der Waals surface area contributed by atoms with Gasteiger partial charge in [0.15, 0.2) is 0 Å². The molecule has 0 fully saturated rings. The van der Waals surface area contributed by atoms with Gasteiger partial charge < -0.3 is 14.4 Å². The van der Waals surface area contributed by atoms with Crippen molar-refractivity contribution in [2.24, 2.45) is 0 Å². The van der Waals surface area contributed by atoms with Crippen molar-refractivity contribution in [3.05, 3.63) is 71.0 Å². The van der Waals surface area contributed by atoms with Gasteiger partial charge in [0.2, 0.25) is 0 Å². The molecule has 5 nitrogen and oxygen atoms in total. The highest BCUT2D eigenvalue weighted by molar-refractivity contribution is 5.66. The molecule has 11 heteroatoms. The van der Waals surface area contributed by atoms with E-state index in [0.29, 0.717) is 42.3 Å². The fraction of sp³-hybridized carbons (Fsp3) is 0.360. The van der Waals surface area contributed by atoms with E-state index in [1.54, 1.807) is 25.1 Å². The van der Waals surface area contributed by atoms with Gasteiger partial charge in [-0.25, -0.2) is 4.98 Å². The Balaban J connectivity index is 1.90. The molecule has 0 unspecified atom stereocenters. The number of nitrogens with zero attached hydrogens (tertiary/aromatic N) is 2. The highest BCUT2D eigenvalue weighted by Gasteiger charge is 2.37. The molecule has 0 saturated carbocycles. The highest BCUT2D eigenvalue weighted by Crippen LogP contribution is 2.36. The smallest absolute Gasteiger partial charge is 0.433 e. The highest BCUT2D eigenvalue weighted by atomic mass is 19.4. The Hall–Kier alpha value is -3.50. The second-order valence-electron chi connectivity index (χ2n) is 8.23. The minimum atomic E-state index is -4.75. The topological polar surface area (TPSA) is 64.3 Å². The first-order valence-corrected chi connectivity index (χ1v) is 11.1. The van der Waals surface area contributed by atoms with E-state index in [-0.39, 0.29) is 31.0 Å². The van der Waals surface area contributed by atoms with Gasteiger partial charge in [0.1, 0.15) is 17.3 Å². The number of rotatable bonds is 10. The van der Waals surface area contributed by atoms with Crippen LogP contribution in [0.2, 0.25) is 0 Å². The van der Waals surface area contributed by atoms with Gasteiger partial charge in [-0.15, -0.1) is 0 Å². The van der Waals surface area contributed by atoms with E-state index < -0.39 is 29.6 Å². The van der Waals surface area contributed by atoms with Crippen LogP contribution < -0.4 is 4.74 Å². The number of carbonyl (C=O) groups is 1. The van der Waals surface area contributed by atoms with Crippen molar-refractivity contribution in [3.8, 4) is 17.1 Å². The lowest BCUT2D eigenvalue weighted by atomic mass is 10.1.